The monoisotopic (exact) mass is 420 g/mol. The van der Waals surface area contributed by atoms with Crippen molar-refractivity contribution >= 4 is 29.0 Å². The summed E-state index contributed by atoms with van der Waals surface area (Å²) in [5, 5.41) is 16.0. The van der Waals surface area contributed by atoms with E-state index < -0.39 is 6.04 Å². The molecule has 31 heavy (non-hydrogen) atoms. The third-order valence-corrected chi connectivity index (χ3v) is 5.64. The lowest BCUT2D eigenvalue weighted by molar-refractivity contribution is -0.125. The van der Waals surface area contributed by atoms with Crippen molar-refractivity contribution in [3.63, 3.8) is 0 Å². The molecule has 4 rings (SSSR count). The van der Waals surface area contributed by atoms with Gasteiger partial charge in [-0.2, -0.15) is 5.10 Å². The molecule has 2 aliphatic rings. The molecule has 1 unspecified atom stereocenters. The molecule has 8 heteroatoms. The largest absolute Gasteiger partial charge is 0.507 e. The van der Waals surface area contributed by atoms with Crippen molar-refractivity contribution in [1.29, 1.82) is 0 Å². The van der Waals surface area contributed by atoms with E-state index in [4.69, 9.17) is 0 Å². The SMILES string of the molecule is CC(=O)C1CC(C(=O)N2CCN(C(=O)c3ccccc3O)CC2)=NN1c1ccccc1. The van der Waals surface area contributed by atoms with Crippen LogP contribution >= 0.6 is 0 Å². The molecule has 1 fully saturated rings. The Labute approximate surface area is 180 Å². The maximum Gasteiger partial charge on any atom is 0.270 e. The van der Waals surface area contributed by atoms with Gasteiger partial charge < -0.3 is 14.9 Å². The average molecular weight is 420 g/mol. The number of aromatic hydroxyl groups is 1. The molecule has 1 N–H and O–H groups in total. The third-order valence-electron chi connectivity index (χ3n) is 5.64. The number of anilines is 1. The predicted octanol–water partition coefficient (Wildman–Crippen LogP) is 1.90. The molecule has 1 atom stereocenters. The zero-order valence-electron chi connectivity index (χ0n) is 17.3. The van der Waals surface area contributed by atoms with Gasteiger partial charge in [-0.15, -0.1) is 0 Å². The van der Waals surface area contributed by atoms with Crippen LogP contribution < -0.4 is 5.01 Å². The fourth-order valence-electron chi connectivity index (χ4n) is 3.89. The molecular weight excluding hydrogens is 396 g/mol. The number of carbonyl (C=O) groups excluding carboxylic acids is 3. The molecule has 2 heterocycles. The van der Waals surface area contributed by atoms with E-state index in [1.165, 1.54) is 13.0 Å². The minimum absolute atomic E-state index is 0.0477. The summed E-state index contributed by atoms with van der Waals surface area (Å²) in [6, 6.07) is 15.3. The number of carbonyl (C=O) groups is 3. The van der Waals surface area contributed by atoms with Gasteiger partial charge in [-0.1, -0.05) is 30.3 Å². The number of piperazine rings is 1. The summed E-state index contributed by atoms with van der Waals surface area (Å²) in [6.07, 6.45) is 0.264. The Morgan fingerprint density at radius 3 is 2.06 bits per heavy atom. The molecule has 2 aromatic carbocycles. The minimum Gasteiger partial charge on any atom is -0.507 e. The fraction of sp³-hybridized carbons (Fsp3) is 0.304. The van der Waals surface area contributed by atoms with Crippen LogP contribution in [0.5, 0.6) is 5.75 Å². The van der Waals surface area contributed by atoms with E-state index in [0.29, 0.717) is 31.9 Å². The van der Waals surface area contributed by atoms with E-state index in [2.05, 4.69) is 5.10 Å². The van der Waals surface area contributed by atoms with Crippen molar-refractivity contribution in [2.45, 2.75) is 19.4 Å². The number of phenols is 1. The second kappa shape index (κ2) is 8.59. The fourth-order valence-corrected chi connectivity index (χ4v) is 3.89. The number of hydrazone groups is 1. The third kappa shape index (κ3) is 4.14. The number of rotatable bonds is 4. The quantitative estimate of drug-likeness (QED) is 0.816. The number of phenolic OH excluding ortho intramolecular Hbond substituents is 1. The molecule has 0 radical (unpaired) electrons. The number of nitrogens with zero attached hydrogens (tertiary/aromatic N) is 4. The Bertz CT molecular complexity index is 1030. The highest BCUT2D eigenvalue weighted by Gasteiger charge is 2.37. The van der Waals surface area contributed by atoms with Crippen molar-refractivity contribution in [2.75, 3.05) is 31.2 Å². The summed E-state index contributed by atoms with van der Waals surface area (Å²) in [4.78, 5) is 41.2. The zero-order valence-corrected chi connectivity index (χ0v) is 17.3. The van der Waals surface area contributed by atoms with Crippen LogP contribution in [0.25, 0.3) is 0 Å². The molecule has 0 spiro atoms. The Hall–Kier alpha value is -3.68. The number of hydrogen-bond donors (Lipinski definition) is 1. The number of Topliss-reactive ketones (excluding diaryl/α,β-unsaturated/α-hetero) is 1. The van der Waals surface area contributed by atoms with Gasteiger partial charge in [0.25, 0.3) is 11.8 Å². The second-order valence-electron chi connectivity index (χ2n) is 7.66. The first-order valence-electron chi connectivity index (χ1n) is 10.2. The first-order valence-corrected chi connectivity index (χ1v) is 10.2. The highest BCUT2D eigenvalue weighted by Crippen LogP contribution is 2.26. The van der Waals surface area contributed by atoms with Crippen LogP contribution in [-0.2, 0) is 9.59 Å². The van der Waals surface area contributed by atoms with Crippen molar-refractivity contribution < 1.29 is 19.5 Å². The number of para-hydroxylation sites is 2. The second-order valence-corrected chi connectivity index (χ2v) is 7.66. The average Bonchev–Trinajstić information content (AvgIpc) is 3.25. The highest BCUT2D eigenvalue weighted by atomic mass is 16.3. The number of benzene rings is 2. The van der Waals surface area contributed by atoms with Gasteiger partial charge >= 0.3 is 0 Å². The molecule has 8 nitrogen and oxygen atoms in total. The molecule has 0 saturated carbocycles. The highest BCUT2D eigenvalue weighted by molar-refractivity contribution is 6.40. The molecule has 0 aromatic heterocycles. The van der Waals surface area contributed by atoms with Crippen LogP contribution in [0.3, 0.4) is 0 Å². The minimum atomic E-state index is -0.495. The van der Waals surface area contributed by atoms with Crippen molar-refractivity contribution in [3.8, 4) is 5.75 Å². The smallest absolute Gasteiger partial charge is 0.270 e. The van der Waals surface area contributed by atoms with E-state index in [9.17, 15) is 19.5 Å². The zero-order chi connectivity index (χ0) is 22.0. The summed E-state index contributed by atoms with van der Waals surface area (Å²) in [6.45, 7) is 2.98. The van der Waals surface area contributed by atoms with Crippen molar-refractivity contribution in [2.24, 2.45) is 5.10 Å². The number of ketones is 1. The van der Waals surface area contributed by atoms with E-state index in [-0.39, 0.29) is 35.3 Å². The summed E-state index contributed by atoms with van der Waals surface area (Å²) >= 11 is 0. The summed E-state index contributed by atoms with van der Waals surface area (Å²) < 4.78 is 0. The summed E-state index contributed by atoms with van der Waals surface area (Å²) in [7, 11) is 0. The molecule has 2 amide bonds. The van der Waals surface area contributed by atoms with Crippen LogP contribution in [0.15, 0.2) is 59.7 Å². The predicted molar refractivity (Wildman–Crippen MR) is 116 cm³/mol. The van der Waals surface area contributed by atoms with E-state index in [1.54, 1.807) is 33.0 Å². The van der Waals surface area contributed by atoms with Gasteiger partial charge in [-0.25, -0.2) is 0 Å². The van der Waals surface area contributed by atoms with E-state index >= 15 is 0 Å². The van der Waals surface area contributed by atoms with Gasteiger partial charge in [-0.05, 0) is 31.2 Å². The number of hydrogen-bond acceptors (Lipinski definition) is 6. The number of amides is 2. The van der Waals surface area contributed by atoms with Crippen LogP contribution in [-0.4, -0.2) is 70.4 Å². The van der Waals surface area contributed by atoms with Crippen molar-refractivity contribution in [1.82, 2.24) is 9.80 Å². The maximum absolute atomic E-state index is 13.1. The maximum atomic E-state index is 13.1. The lowest BCUT2D eigenvalue weighted by Crippen LogP contribution is -2.52. The topological polar surface area (TPSA) is 93.5 Å². The first-order chi connectivity index (χ1) is 15.0. The summed E-state index contributed by atoms with van der Waals surface area (Å²) in [5.41, 5.74) is 1.37. The molecule has 0 aliphatic carbocycles. The molecule has 1 saturated heterocycles. The standard InChI is InChI=1S/C23H24N4O4/c1-16(28)20-15-19(24-27(20)17-7-3-2-4-8-17)23(31)26-13-11-25(12-14-26)22(30)18-9-5-6-10-21(18)29/h2-10,20,29H,11-15H2,1H3. The van der Waals surface area contributed by atoms with Gasteiger partial charge in [0.15, 0.2) is 5.78 Å². The molecule has 0 bridgehead atoms. The lowest BCUT2D eigenvalue weighted by atomic mass is 10.1. The van der Waals surface area contributed by atoms with E-state index in [0.717, 1.165) is 5.69 Å². The normalized spacial score (nSPS) is 18.7. The van der Waals surface area contributed by atoms with Crippen LogP contribution in [0.4, 0.5) is 5.69 Å². The Balaban J connectivity index is 1.43. The van der Waals surface area contributed by atoms with Crippen LogP contribution in [0.1, 0.15) is 23.7 Å². The molecule has 2 aliphatic heterocycles. The van der Waals surface area contributed by atoms with Gasteiger partial charge in [0.05, 0.1) is 11.3 Å². The van der Waals surface area contributed by atoms with Crippen LogP contribution in [0.2, 0.25) is 0 Å². The Morgan fingerprint density at radius 2 is 1.45 bits per heavy atom. The van der Waals surface area contributed by atoms with Gasteiger partial charge in [-0.3, -0.25) is 19.4 Å². The van der Waals surface area contributed by atoms with Gasteiger partial charge in [0.2, 0.25) is 0 Å². The van der Waals surface area contributed by atoms with Gasteiger partial charge in [0.1, 0.15) is 17.5 Å². The Morgan fingerprint density at radius 1 is 0.871 bits per heavy atom. The lowest BCUT2D eigenvalue weighted by Gasteiger charge is -2.34. The van der Waals surface area contributed by atoms with E-state index in [1.807, 2.05) is 30.3 Å². The van der Waals surface area contributed by atoms with Crippen molar-refractivity contribution in [3.05, 3.63) is 60.2 Å². The Kier molecular flexibility index (Phi) is 5.70. The molecule has 2 aromatic rings. The van der Waals surface area contributed by atoms with Gasteiger partial charge in [0, 0.05) is 32.6 Å². The summed E-state index contributed by atoms with van der Waals surface area (Å²) in [5.74, 6) is -0.564. The molecule has 160 valence electrons. The first kappa shape index (κ1) is 20.6. The van der Waals surface area contributed by atoms with Crippen LogP contribution in [0, 0.1) is 0 Å². The molecular formula is C23H24N4O4.